The zero-order valence-electron chi connectivity index (χ0n) is 37.5. The van der Waals surface area contributed by atoms with E-state index in [1.54, 1.807) is 13.8 Å². The number of likely N-dealkylation sites (tertiary alicyclic amines) is 1. The highest BCUT2D eigenvalue weighted by molar-refractivity contribution is 6.33. The Morgan fingerprint density at radius 3 is 2.21 bits per heavy atom. The van der Waals surface area contributed by atoms with Gasteiger partial charge in [0.1, 0.15) is 48.6 Å². The highest BCUT2D eigenvalue weighted by atomic mass is 35.5. The molecular formula is C44H56Cl2F7N7O7. The van der Waals surface area contributed by atoms with Gasteiger partial charge in [-0.15, -0.1) is 0 Å². The molecule has 8 atom stereocenters. The van der Waals surface area contributed by atoms with E-state index in [-0.39, 0.29) is 61.0 Å². The van der Waals surface area contributed by atoms with Crippen LogP contribution in [0.1, 0.15) is 83.6 Å². The second-order valence-electron chi connectivity index (χ2n) is 19.1. The molecule has 0 aromatic heterocycles. The molecule has 0 spiro atoms. The zero-order chi connectivity index (χ0) is 49.5. The molecule has 5 aliphatic rings. The van der Waals surface area contributed by atoms with Crippen molar-refractivity contribution in [1.82, 2.24) is 35.6 Å². The van der Waals surface area contributed by atoms with Gasteiger partial charge in [0.25, 0.3) is 5.92 Å². The van der Waals surface area contributed by atoms with Crippen molar-refractivity contribution in [3.05, 3.63) is 33.8 Å². The van der Waals surface area contributed by atoms with E-state index in [1.807, 2.05) is 0 Å². The average molecular weight is 999 g/mol. The molecular weight excluding hydrogens is 942 g/mol. The Bertz CT molecular complexity index is 2090. The van der Waals surface area contributed by atoms with Crippen molar-refractivity contribution in [1.29, 1.82) is 0 Å². The number of fused-ring (bicyclic) bond motifs is 1. The van der Waals surface area contributed by atoms with Crippen LogP contribution in [0.25, 0.3) is 0 Å². The summed E-state index contributed by atoms with van der Waals surface area (Å²) in [6.07, 6.45) is -12.7. The molecule has 1 aromatic carbocycles. The Labute approximate surface area is 393 Å². The maximum Gasteiger partial charge on any atom is 0.403 e. The predicted molar refractivity (Wildman–Crippen MR) is 229 cm³/mol. The second kappa shape index (κ2) is 20.3. The topological polar surface area (TPSA) is 169 Å². The second-order valence-corrected chi connectivity index (χ2v) is 19.9. The number of amides is 7. The summed E-state index contributed by atoms with van der Waals surface area (Å²) in [4.78, 5) is 102. The van der Waals surface area contributed by atoms with Crippen molar-refractivity contribution in [3.8, 4) is 0 Å². The summed E-state index contributed by atoms with van der Waals surface area (Å²) in [5.74, 6) is -11.4. The van der Waals surface area contributed by atoms with Crippen LogP contribution < -0.4 is 16.0 Å². The van der Waals surface area contributed by atoms with Crippen molar-refractivity contribution in [2.75, 3.05) is 33.7 Å². The first kappa shape index (κ1) is 52.0. The van der Waals surface area contributed by atoms with Gasteiger partial charge in [-0.3, -0.25) is 33.6 Å². The number of likely N-dealkylation sites (N-methyl/N-ethyl adjacent to an activating group) is 2. The van der Waals surface area contributed by atoms with Gasteiger partial charge >= 0.3 is 6.18 Å². The van der Waals surface area contributed by atoms with Crippen LogP contribution in [0.4, 0.5) is 30.7 Å². The molecule has 3 aliphatic heterocycles. The molecule has 2 saturated carbocycles. The van der Waals surface area contributed by atoms with Crippen molar-refractivity contribution in [3.63, 3.8) is 0 Å². The van der Waals surface area contributed by atoms with Gasteiger partial charge in [-0.1, -0.05) is 37.0 Å². The lowest BCUT2D eigenvalue weighted by atomic mass is 9.64. The number of carbonyl (C=O) groups is 7. The molecule has 3 heterocycles. The molecule has 6 rings (SSSR count). The van der Waals surface area contributed by atoms with Crippen LogP contribution >= 0.6 is 23.2 Å². The standard InChI is InChI=1S/C44H56Cl2F7N7O7/c1-22(2)13-29-38(64)58(4)33(15-24-14-25(45)10-11-28(24)46)39(65)59-18-26(47)16-31(59)35(61)54-12-6-5-7-30(36(62)55-29)57(3)40(66)34(23-8-9-23)56-37(63)32-17-27(48)19-60(32)41(67)42(44(51,52)53)20-43(49,50)21-42/h10-11,14,22-23,26-27,29-34H,5-9,12-13,15-21H2,1-4H3,(H,54,61)(H,55,62)(H,56,63)/t26-,27-,29+,30+,31-,32+,33+,34+/m1/s1. The Hall–Kier alpha value is -4.40. The fraction of sp³-hybridized carbons (Fsp3) is 0.705. The smallest absolute Gasteiger partial charge is 0.354 e. The van der Waals surface area contributed by atoms with Crippen molar-refractivity contribution >= 4 is 64.6 Å². The number of hydrogen-bond donors (Lipinski definition) is 3. The summed E-state index contributed by atoms with van der Waals surface area (Å²) >= 11 is 12.8. The van der Waals surface area contributed by atoms with Crippen molar-refractivity contribution in [2.24, 2.45) is 17.3 Å². The van der Waals surface area contributed by atoms with Gasteiger partial charge in [-0.05, 0) is 74.1 Å². The number of carbonyl (C=O) groups excluding carboxylic acids is 7. The van der Waals surface area contributed by atoms with E-state index in [4.69, 9.17) is 23.2 Å². The SMILES string of the molecule is CC(C)C[C@@H]1NC(=O)[C@@H](N(C)C(=O)[C@@H](NC(=O)[C@@H]2C[C@@H](F)CN2C(=O)C2(C(F)(F)F)CC(F)(F)C2)C2CC2)CCCCNC(=O)[C@H]2C[C@@H](F)CN2C(=O)[C@H](Cc2cc(Cl)ccc2Cl)N(C)C1=O. The van der Waals surface area contributed by atoms with E-state index in [0.29, 0.717) is 23.3 Å². The molecule has 5 fully saturated rings. The summed E-state index contributed by atoms with van der Waals surface area (Å²) < 4.78 is 100. The molecule has 23 heteroatoms. The third-order valence-corrected chi connectivity index (χ3v) is 14.1. The summed E-state index contributed by atoms with van der Waals surface area (Å²) in [5.41, 5.74) is -3.16. The van der Waals surface area contributed by atoms with E-state index in [0.717, 1.165) is 14.7 Å². The summed E-state index contributed by atoms with van der Waals surface area (Å²) in [6.45, 7) is 2.22. The van der Waals surface area contributed by atoms with Gasteiger partial charge in [-0.25, -0.2) is 17.6 Å². The number of alkyl halides is 7. The lowest BCUT2D eigenvalue weighted by molar-refractivity contribution is -0.299. The van der Waals surface area contributed by atoms with E-state index >= 15 is 4.39 Å². The summed E-state index contributed by atoms with van der Waals surface area (Å²) in [6, 6.07) is -3.98. The molecule has 2 aliphatic carbocycles. The number of benzene rings is 1. The van der Waals surface area contributed by atoms with Crippen molar-refractivity contribution in [2.45, 2.75) is 145 Å². The maximum atomic E-state index is 15.1. The molecule has 67 heavy (non-hydrogen) atoms. The number of hydrogen-bond acceptors (Lipinski definition) is 7. The Kier molecular flexibility index (Phi) is 15.7. The minimum atomic E-state index is -5.43. The minimum absolute atomic E-state index is 0.0242. The van der Waals surface area contributed by atoms with Crippen LogP contribution in [0.15, 0.2) is 18.2 Å². The van der Waals surface area contributed by atoms with Gasteiger partial charge in [0.05, 0.1) is 13.1 Å². The average Bonchev–Trinajstić information content (AvgIpc) is 3.89. The van der Waals surface area contributed by atoms with Crippen molar-refractivity contribution < 1.29 is 64.3 Å². The lowest BCUT2D eigenvalue weighted by Gasteiger charge is -2.48. The molecule has 14 nitrogen and oxygen atoms in total. The molecule has 0 unspecified atom stereocenters. The fourth-order valence-electron chi connectivity index (χ4n) is 9.69. The predicted octanol–water partition coefficient (Wildman–Crippen LogP) is 4.77. The lowest BCUT2D eigenvalue weighted by Crippen LogP contribution is -2.65. The largest absolute Gasteiger partial charge is 0.403 e. The minimum Gasteiger partial charge on any atom is -0.354 e. The highest BCUT2D eigenvalue weighted by Gasteiger charge is 2.75. The summed E-state index contributed by atoms with van der Waals surface area (Å²) in [7, 11) is 2.60. The molecule has 0 bridgehead atoms. The molecule has 3 saturated heterocycles. The Morgan fingerprint density at radius 2 is 1.60 bits per heavy atom. The quantitative estimate of drug-likeness (QED) is 0.284. The Morgan fingerprint density at radius 1 is 0.940 bits per heavy atom. The monoisotopic (exact) mass is 997 g/mol. The van der Waals surface area contributed by atoms with Crippen LogP contribution in [0.2, 0.25) is 10.0 Å². The van der Waals surface area contributed by atoms with E-state index < -0.39 is 146 Å². The van der Waals surface area contributed by atoms with E-state index in [1.165, 1.54) is 32.3 Å². The van der Waals surface area contributed by atoms with Crippen LogP contribution in [0.3, 0.4) is 0 Å². The number of nitrogens with one attached hydrogen (secondary N) is 3. The third kappa shape index (κ3) is 11.4. The van der Waals surface area contributed by atoms with Gasteiger partial charge in [-0.2, -0.15) is 13.2 Å². The van der Waals surface area contributed by atoms with Gasteiger partial charge in [0.2, 0.25) is 41.4 Å². The molecule has 0 radical (unpaired) electrons. The van der Waals surface area contributed by atoms with E-state index in [2.05, 4.69) is 16.0 Å². The first-order valence-corrected chi connectivity index (χ1v) is 23.2. The van der Waals surface area contributed by atoms with Gasteiger partial charge in [0, 0.05) is 62.8 Å². The van der Waals surface area contributed by atoms with Gasteiger partial charge < -0.3 is 35.6 Å². The molecule has 372 valence electrons. The van der Waals surface area contributed by atoms with Crippen LogP contribution in [0, 0.1) is 17.3 Å². The first-order chi connectivity index (χ1) is 31.2. The number of halogens is 9. The molecule has 7 amide bonds. The normalized spacial score (nSPS) is 28.9. The number of nitrogens with zero attached hydrogens (tertiary/aromatic N) is 4. The third-order valence-electron chi connectivity index (χ3n) is 13.5. The van der Waals surface area contributed by atoms with Crippen LogP contribution in [-0.4, -0.2) is 155 Å². The molecule has 1 aromatic rings. The maximum absolute atomic E-state index is 15.1. The van der Waals surface area contributed by atoms with Gasteiger partial charge in [0.15, 0.2) is 5.41 Å². The van der Waals surface area contributed by atoms with E-state index in [9.17, 15) is 59.9 Å². The van der Waals surface area contributed by atoms with Crippen LogP contribution in [0.5, 0.6) is 0 Å². The van der Waals surface area contributed by atoms with Crippen LogP contribution in [-0.2, 0) is 40.0 Å². The Balaban J connectivity index is 1.27. The fourth-order valence-corrected chi connectivity index (χ4v) is 10.1. The zero-order valence-corrected chi connectivity index (χ0v) is 39.0. The number of rotatable bonds is 10. The first-order valence-electron chi connectivity index (χ1n) is 22.4. The highest BCUT2D eigenvalue weighted by Crippen LogP contribution is 2.61. The molecule has 3 N–H and O–H groups in total. The summed E-state index contributed by atoms with van der Waals surface area (Å²) in [5, 5.41) is 8.44.